The Balaban J connectivity index is 2.17. The monoisotopic (exact) mass is 343 g/mol. The fourth-order valence-corrected chi connectivity index (χ4v) is 4.01. The Morgan fingerprint density at radius 2 is 1.94 bits per heavy atom. The van der Waals surface area contributed by atoms with Crippen LogP contribution in [0.3, 0.4) is 0 Å². The van der Waals surface area contributed by atoms with Crippen LogP contribution in [0.5, 0.6) is 0 Å². The molecule has 2 aliphatic rings. The number of Topliss-reactive ketones (excluding diaryl/α,β-unsaturated/α-hetero) is 1. The zero-order valence-corrected chi connectivity index (χ0v) is 11.9. The summed E-state index contributed by atoms with van der Waals surface area (Å²) in [5.74, 6) is 0.329. The second kappa shape index (κ2) is 3.64. The molecule has 84 valence electrons. The smallest absolute Gasteiger partial charge is 0.170 e. The fraction of sp³-hybridized carbons (Fsp3) is 0.500. The van der Waals surface area contributed by atoms with Gasteiger partial charge in [-0.2, -0.15) is 0 Å². The molecule has 1 spiro atoms. The Morgan fingerprint density at radius 1 is 1.25 bits per heavy atom. The van der Waals surface area contributed by atoms with Gasteiger partial charge in [-0.05, 0) is 56.7 Å². The van der Waals surface area contributed by atoms with Crippen molar-refractivity contribution in [2.75, 3.05) is 0 Å². The molecule has 1 aromatic heterocycles. The van der Waals surface area contributed by atoms with E-state index in [1.54, 1.807) is 6.20 Å². The number of ketones is 1. The number of hydrogen-bond donors (Lipinski definition) is 0. The lowest BCUT2D eigenvalue weighted by atomic mass is 9.82. The topological polar surface area (TPSA) is 30.0 Å². The van der Waals surface area contributed by atoms with Crippen molar-refractivity contribution in [3.05, 3.63) is 26.4 Å². The lowest BCUT2D eigenvalue weighted by Gasteiger charge is -2.19. The maximum atomic E-state index is 12.5. The molecule has 0 amide bonds. The van der Waals surface area contributed by atoms with Crippen LogP contribution in [0.4, 0.5) is 0 Å². The van der Waals surface area contributed by atoms with E-state index >= 15 is 0 Å². The summed E-state index contributed by atoms with van der Waals surface area (Å²) >= 11 is 6.90. The Labute approximate surface area is 111 Å². The first kappa shape index (κ1) is 10.9. The third-order valence-electron chi connectivity index (χ3n) is 3.87. The highest BCUT2D eigenvalue weighted by molar-refractivity contribution is 9.11. The predicted octanol–water partition coefficient (Wildman–Crippen LogP) is 3.91. The molecule has 0 aromatic carbocycles. The van der Waals surface area contributed by atoms with Crippen LogP contribution < -0.4 is 0 Å². The average molecular weight is 345 g/mol. The molecular formula is C12H11Br2NO. The number of halogens is 2. The summed E-state index contributed by atoms with van der Waals surface area (Å²) in [6.45, 7) is 0. The molecule has 0 radical (unpaired) electrons. The van der Waals surface area contributed by atoms with Gasteiger partial charge in [0.25, 0.3) is 0 Å². The van der Waals surface area contributed by atoms with Crippen LogP contribution in [-0.2, 0) is 6.42 Å². The first-order chi connectivity index (χ1) is 7.64. The number of nitrogens with zero attached hydrogens (tertiary/aromatic N) is 1. The molecule has 1 heterocycles. The lowest BCUT2D eigenvalue weighted by Crippen LogP contribution is -2.23. The number of fused-ring (bicyclic) bond motifs is 1. The van der Waals surface area contributed by atoms with Crippen LogP contribution >= 0.6 is 31.9 Å². The van der Waals surface area contributed by atoms with Gasteiger partial charge in [-0.25, -0.2) is 4.98 Å². The third-order valence-corrected chi connectivity index (χ3v) is 5.15. The molecule has 1 fully saturated rings. The Morgan fingerprint density at radius 3 is 2.56 bits per heavy atom. The zero-order chi connectivity index (χ0) is 11.3. The van der Waals surface area contributed by atoms with E-state index in [0.717, 1.165) is 39.5 Å². The quantitative estimate of drug-likeness (QED) is 0.668. The number of hydrogen-bond acceptors (Lipinski definition) is 2. The second-order valence-electron chi connectivity index (χ2n) is 4.74. The summed E-state index contributed by atoms with van der Waals surface area (Å²) in [6.07, 6.45) is 7.03. The standard InChI is InChI=1S/C12H11Br2NO/c13-8-6-15-11(14)7-5-12(3-1-2-4-12)10(16)9(7)8/h6H,1-5H2. The summed E-state index contributed by atoms with van der Waals surface area (Å²) in [7, 11) is 0. The van der Waals surface area contributed by atoms with E-state index in [9.17, 15) is 4.79 Å². The van der Waals surface area contributed by atoms with Gasteiger partial charge in [0, 0.05) is 21.6 Å². The van der Waals surface area contributed by atoms with Crippen molar-refractivity contribution in [1.29, 1.82) is 0 Å². The van der Waals surface area contributed by atoms with E-state index in [1.165, 1.54) is 12.8 Å². The van der Waals surface area contributed by atoms with Gasteiger partial charge in [-0.1, -0.05) is 12.8 Å². The van der Waals surface area contributed by atoms with Gasteiger partial charge in [-0.15, -0.1) is 0 Å². The van der Waals surface area contributed by atoms with Crippen LogP contribution in [0.25, 0.3) is 0 Å². The first-order valence-corrected chi connectivity index (χ1v) is 7.10. The van der Waals surface area contributed by atoms with Crippen molar-refractivity contribution < 1.29 is 4.79 Å². The molecule has 0 atom stereocenters. The number of pyridine rings is 1. The molecule has 3 rings (SSSR count). The molecule has 0 saturated heterocycles. The summed E-state index contributed by atoms with van der Waals surface area (Å²) in [5, 5.41) is 0. The molecule has 0 bridgehead atoms. The van der Waals surface area contributed by atoms with Crippen molar-refractivity contribution in [2.24, 2.45) is 5.41 Å². The van der Waals surface area contributed by atoms with Gasteiger partial charge in [-0.3, -0.25) is 4.79 Å². The zero-order valence-electron chi connectivity index (χ0n) is 8.72. The van der Waals surface area contributed by atoms with Gasteiger partial charge in [0.1, 0.15) is 4.60 Å². The maximum absolute atomic E-state index is 12.5. The highest BCUT2D eigenvalue weighted by Gasteiger charge is 2.48. The minimum atomic E-state index is -0.101. The average Bonchev–Trinajstić information content (AvgIpc) is 2.83. The minimum absolute atomic E-state index is 0.101. The summed E-state index contributed by atoms with van der Waals surface area (Å²) < 4.78 is 1.68. The largest absolute Gasteiger partial charge is 0.293 e. The van der Waals surface area contributed by atoms with Crippen LogP contribution in [0, 0.1) is 5.41 Å². The highest BCUT2D eigenvalue weighted by atomic mass is 79.9. The highest BCUT2D eigenvalue weighted by Crippen LogP contribution is 2.51. The fourth-order valence-electron chi connectivity index (χ4n) is 3.05. The first-order valence-electron chi connectivity index (χ1n) is 5.52. The molecule has 0 N–H and O–H groups in total. The van der Waals surface area contributed by atoms with Crippen molar-refractivity contribution in [2.45, 2.75) is 32.1 Å². The number of carbonyl (C=O) groups excluding carboxylic acids is 1. The Hall–Kier alpha value is -0.220. The Kier molecular flexibility index (Phi) is 2.48. The van der Waals surface area contributed by atoms with Crippen LogP contribution in [0.2, 0.25) is 0 Å². The van der Waals surface area contributed by atoms with E-state index in [-0.39, 0.29) is 5.41 Å². The molecule has 2 aliphatic carbocycles. The molecule has 0 aliphatic heterocycles. The van der Waals surface area contributed by atoms with Crippen molar-refractivity contribution in [1.82, 2.24) is 4.98 Å². The van der Waals surface area contributed by atoms with E-state index in [4.69, 9.17) is 0 Å². The minimum Gasteiger partial charge on any atom is -0.293 e. The maximum Gasteiger partial charge on any atom is 0.170 e. The van der Waals surface area contributed by atoms with E-state index in [2.05, 4.69) is 36.8 Å². The Bertz CT molecular complexity index is 478. The van der Waals surface area contributed by atoms with Gasteiger partial charge < -0.3 is 0 Å². The van der Waals surface area contributed by atoms with Crippen molar-refractivity contribution >= 4 is 37.6 Å². The van der Waals surface area contributed by atoms with Crippen LogP contribution in [0.15, 0.2) is 15.3 Å². The van der Waals surface area contributed by atoms with E-state index in [1.807, 2.05) is 0 Å². The number of carbonyl (C=O) groups is 1. The molecule has 1 saturated carbocycles. The number of aromatic nitrogens is 1. The molecule has 0 unspecified atom stereocenters. The van der Waals surface area contributed by atoms with Gasteiger partial charge in [0.05, 0.1) is 0 Å². The summed E-state index contributed by atoms with van der Waals surface area (Å²) in [4.78, 5) is 16.8. The van der Waals surface area contributed by atoms with Gasteiger partial charge >= 0.3 is 0 Å². The van der Waals surface area contributed by atoms with Gasteiger partial charge in [0.2, 0.25) is 0 Å². The molecular weight excluding hydrogens is 334 g/mol. The van der Waals surface area contributed by atoms with E-state index < -0.39 is 0 Å². The SMILES string of the molecule is O=C1c2c(Br)cnc(Br)c2CC12CCCC2. The van der Waals surface area contributed by atoms with Crippen LogP contribution in [-0.4, -0.2) is 10.8 Å². The molecule has 1 aromatic rings. The van der Waals surface area contributed by atoms with Crippen molar-refractivity contribution in [3.8, 4) is 0 Å². The third kappa shape index (κ3) is 1.35. The summed E-state index contributed by atoms with van der Waals surface area (Å²) in [5.41, 5.74) is 1.86. The molecule has 2 nitrogen and oxygen atoms in total. The lowest BCUT2D eigenvalue weighted by molar-refractivity contribution is 0.0826. The molecule has 16 heavy (non-hydrogen) atoms. The summed E-state index contributed by atoms with van der Waals surface area (Å²) in [6, 6.07) is 0. The molecule has 4 heteroatoms. The van der Waals surface area contributed by atoms with E-state index in [0.29, 0.717) is 5.78 Å². The van der Waals surface area contributed by atoms with Crippen LogP contribution in [0.1, 0.15) is 41.6 Å². The predicted molar refractivity (Wildman–Crippen MR) is 68.6 cm³/mol. The number of rotatable bonds is 0. The normalized spacial score (nSPS) is 21.8. The second-order valence-corrected chi connectivity index (χ2v) is 6.35. The van der Waals surface area contributed by atoms with Gasteiger partial charge in [0.15, 0.2) is 5.78 Å². The van der Waals surface area contributed by atoms with Crippen molar-refractivity contribution in [3.63, 3.8) is 0 Å².